The summed E-state index contributed by atoms with van der Waals surface area (Å²) in [5.74, 6) is 0.345. The van der Waals surface area contributed by atoms with Gasteiger partial charge in [-0.25, -0.2) is 0 Å². The smallest absolute Gasteiger partial charge is 0.139 e. The van der Waals surface area contributed by atoms with Crippen LogP contribution in [0.2, 0.25) is 0 Å². The number of fused-ring (bicyclic) bond motifs is 1. The summed E-state index contributed by atoms with van der Waals surface area (Å²) in [5.41, 5.74) is 5.48. The molecule has 0 aliphatic carbocycles. The third kappa shape index (κ3) is 3.10. The zero-order valence-corrected chi connectivity index (χ0v) is 10.7. The first-order valence-electron chi connectivity index (χ1n) is 6.65. The molecule has 0 spiro atoms. The van der Waals surface area contributed by atoms with Crippen molar-refractivity contribution in [3.8, 4) is 0 Å². The number of rotatable bonds is 4. The maximum Gasteiger partial charge on any atom is 0.139 e. The molecule has 2 rings (SSSR count). The molecule has 5 nitrogen and oxygen atoms in total. The van der Waals surface area contributed by atoms with Crippen molar-refractivity contribution in [2.45, 2.75) is 44.7 Å². The van der Waals surface area contributed by atoms with E-state index < -0.39 is 0 Å². The lowest BCUT2D eigenvalue weighted by atomic mass is 10.1. The molecule has 5 heteroatoms. The van der Waals surface area contributed by atoms with Gasteiger partial charge in [0.2, 0.25) is 0 Å². The predicted octanol–water partition coefficient (Wildman–Crippen LogP) is 0.682. The third-order valence-corrected chi connectivity index (χ3v) is 4.07. The van der Waals surface area contributed by atoms with Crippen LogP contribution in [0.3, 0.4) is 0 Å². The molecule has 17 heavy (non-hydrogen) atoms. The highest BCUT2D eigenvalue weighted by Crippen LogP contribution is 2.24. The van der Waals surface area contributed by atoms with Crippen molar-refractivity contribution in [3.63, 3.8) is 0 Å². The van der Waals surface area contributed by atoms with E-state index in [-0.39, 0.29) is 0 Å². The molecule has 0 aromatic carbocycles. The Balaban J connectivity index is 1.76. The quantitative estimate of drug-likeness (QED) is 0.328. The second-order valence-electron chi connectivity index (χ2n) is 5.33. The van der Waals surface area contributed by atoms with Gasteiger partial charge in [0.25, 0.3) is 0 Å². The third-order valence-electron chi connectivity index (χ3n) is 4.07. The fraction of sp³-hybridized carbons (Fsp3) is 0.917. The van der Waals surface area contributed by atoms with Crippen LogP contribution in [-0.4, -0.2) is 59.1 Å². The Morgan fingerprint density at radius 1 is 1.47 bits per heavy atom. The molecule has 0 aromatic rings. The topological polar surface area (TPSA) is 65.1 Å². The molecule has 0 amide bonds. The van der Waals surface area contributed by atoms with E-state index in [4.69, 9.17) is 10.9 Å². The molecule has 2 atom stereocenters. The Bertz CT molecular complexity index is 282. The van der Waals surface area contributed by atoms with Gasteiger partial charge >= 0.3 is 0 Å². The molecule has 3 N–H and O–H groups in total. The summed E-state index contributed by atoms with van der Waals surface area (Å²) >= 11 is 0. The molecule has 2 heterocycles. The second kappa shape index (κ2) is 5.69. The SMILES string of the molecule is CC1CN2CCCC2CN1CCCC(N)=NO. The normalized spacial score (nSPS) is 31.7. The van der Waals surface area contributed by atoms with Crippen LogP contribution in [0.15, 0.2) is 5.16 Å². The lowest BCUT2D eigenvalue weighted by Gasteiger charge is -2.42. The van der Waals surface area contributed by atoms with Gasteiger partial charge in [0.05, 0.1) is 0 Å². The molecule has 0 aromatic heterocycles. The summed E-state index contributed by atoms with van der Waals surface area (Å²) in [6, 6.07) is 1.41. The molecule has 2 fully saturated rings. The van der Waals surface area contributed by atoms with E-state index in [1.54, 1.807) is 0 Å². The van der Waals surface area contributed by atoms with Crippen LogP contribution in [0, 0.1) is 0 Å². The van der Waals surface area contributed by atoms with Gasteiger partial charge in [-0.1, -0.05) is 5.16 Å². The van der Waals surface area contributed by atoms with E-state index >= 15 is 0 Å². The number of oxime groups is 1. The lowest BCUT2D eigenvalue weighted by Crippen LogP contribution is -2.55. The van der Waals surface area contributed by atoms with Gasteiger partial charge in [-0.05, 0) is 39.3 Å². The molecule has 2 saturated heterocycles. The number of amidine groups is 1. The Hall–Kier alpha value is -0.810. The van der Waals surface area contributed by atoms with E-state index in [1.807, 2.05) is 0 Å². The maximum atomic E-state index is 8.49. The van der Waals surface area contributed by atoms with E-state index in [2.05, 4.69) is 21.9 Å². The second-order valence-corrected chi connectivity index (χ2v) is 5.33. The molecular formula is C12H24N4O. The molecule has 2 aliphatic heterocycles. The Morgan fingerprint density at radius 2 is 2.29 bits per heavy atom. The summed E-state index contributed by atoms with van der Waals surface area (Å²) in [7, 11) is 0. The Kier molecular flexibility index (Phi) is 4.23. The van der Waals surface area contributed by atoms with E-state index in [0.717, 1.165) is 19.0 Å². The monoisotopic (exact) mass is 240 g/mol. The van der Waals surface area contributed by atoms with Crippen LogP contribution < -0.4 is 5.73 Å². The minimum absolute atomic E-state index is 0.345. The number of hydrogen-bond acceptors (Lipinski definition) is 4. The molecule has 0 radical (unpaired) electrons. The van der Waals surface area contributed by atoms with Crippen LogP contribution in [0.4, 0.5) is 0 Å². The molecule has 98 valence electrons. The van der Waals surface area contributed by atoms with Crippen molar-refractivity contribution in [3.05, 3.63) is 0 Å². The van der Waals surface area contributed by atoms with Gasteiger partial charge in [0.15, 0.2) is 0 Å². The van der Waals surface area contributed by atoms with Crippen molar-refractivity contribution in [2.24, 2.45) is 10.9 Å². The van der Waals surface area contributed by atoms with E-state index in [1.165, 1.54) is 32.5 Å². The highest BCUT2D eigenvalue weighted by Gasteiger charge is 2.33. The molecule has 0 saturated carbocycles. The summed E-state index contributed by atoms with van der Waals surface area (Å²) in [6.07, 6.45) is 4.37. The zero-order chi connectivity index (χ0) is 12.3. The standard InChI is InChI=1S/C12H24N4O/c1-10-8-16-7-2-4-11(16)9-15(10)6-3-5-12(13)14-17/h10-11,17H,2-9H2,1H3,(H2,13,14). The summed E-state index contributed by atoms with van der Waals surface area (Å²) < 4.78 is 0. The van der Waals surface area contributed by atoms with Crippen LogP contribution in [0.1, 0.15) is 32.6 Å². The van der Waals surface area contributed by atoms with Gasteiger partial charge in [0.1, 0.15) is 5.84 Å². The van der Waals surface area contributed by atoms with Crippen molar-refractivity contribution in [1.82, 2.24) is 9.80 Å². The number of nitrogens with two attached hydrogens (primary N) is 1. The first kappa shape index (κ1) is 12.6. The lowest BCUT2D eigenvalue weighted by molar-refractivity contribution is 0.0592. The average Bonchev–Trinajstić information content (AvgIpc) is 2.76. The largest absolute Gasteiger partial charge is 0.409 e. The predicted molar refractivity (Wildman–Crippen MR) is 68.3 cm³/mol. The molecule has 2 aliphatic rings. The van der Waals surface area contributed by atoms with Gasteiger partial charge < -0.3 is 10.9 Å². The van der Waals surface area contributed by atoms with Gasteiger partial charge in [-0.15, -0.1) is 0 Å². The number of hydrogen-bond donors (Lipinski definition) is 2. The summed E-state index contributed by atoms with van der Waals surface area (Å²) in [6.45, 7) is 7.04. The summed E-state index contributed by atoms with van der Waals surface area (Å²) in [4.78, 5) is 5.18. The molecular weight excluding hydrogens is 216 g/mol. The van der Waals surface area contributed by atoms with Crippen molar-refractivity contribution in [2.75, 3.05) is 26.2 Å². The average molecular weight is 240 g/mol. The van der Waals surface area contributed by atoms with Gasteiger partial charge in [0, 0.05) is 31.6 Å². The van der Waals surface area contributed by atoms with Crippen LogP contribution in [0.5, 0.6) is 0 Å². The van der Waals surface area contributed by atoms with Gasteiger partial charge in [-0.2, -0.15) is 0 Å². The number of piperazine rings is 1. The molecule has 0 bridgehead atoms. The summed E-state index contributed by atoms with van der Waals surface area (Å²) in [5, 5.41) is 11.5. The van der Waals surface area contributed by atoms with E-state index in [0.29, 0.717) is 18.3 Å². The first-order chi connectivity index (χ1) is 8.20. The highest BCUT2D eigenvalue weighted by atomic mass is 16.4. The Morgan fingerprint density at radius 3 is 3.06 bits per heavy atom. The molecule has 2 unspecified atom stereocenters. The Labute approximate surface area is 103 Å². The minimum atomic E-state index is 0.345. The van der Waals surface area contributed by atoms with Crippen molar-refractivity contribution < 1.29 is 5.21 Å². The maximum absolute atomic E-state index is 8.49. The van der Waals surface area contributed by atoms with Crippen molar-refractivity contribution in [1.29, 1.82) is 0 Å². The fourth-order valence-electron chi connectivity index (χ4n) is 3.07. The highest BCUT2D eigenvalue weighted by molar-refractivity contribution is 5.79. The van der Waals surface area contributed by atoms with E-state index in [9.17, 15) is 0 Å². The van der Waals surface area contributed by atoms with Gasteiger partial charge in [-0.3, -0.25) is 9.80 Å². The number of nitrogens with zero attached hydrogens (tertiary/aromatic N) is 3. The van der Waals surface area contributed by atoms with Crippen molar-refractivity contribution >= 4 is 5.84 Å². The van der Waals surface area contributed by atoms with Crippen LogP contribution in [-0.2, 0) is 0 Å². The first-order valence-corrected chi connectivity index (χ1v) is 6.65. The van der Waals surface area contributed by atoms with Crippen LogP contribution in [0.25, 0.3) is 0 Å². The van der Waals surface area contributed by atoms with Crippen LogP contribution >= 0.6 is 0 Å². The fourth-order valence-corrected chi connectivity index (χ4v) is 3.07. The zero-order valence-electron chi connectivity index (χ0n) is 10.7. The minimum Gasteiger partial charge on any atom is -0.409 e.